The molecule has 2 heterocycles. The van der Waals surface area contributed by atoms with Crippen LogP contribution in [0.3, 0.4) is 0 Å². The van der Waals surface area contributed by atoms with Crippen molar-refractivity contribution in [1.82, 2.24) is 14.9 Å². The number of aliphatic hydroxyl groups excluding tert-OH is 1. The number of hydrogen-bond donors (Lipinski definition) is 1. The predicted molar refractivity (Wildman–Crippen MR) is 67.4 cm³/mol. The van der Waals surface area contributed by atoms with Crippen molar-refractivity contribution >= 4 is 5.95 Å². The second-order valence-electron chi connectivity index (χ2n) is 4.65. The Morgan fingerprint density at radius 3 is 2.50 bits per heavy atom. The number of anilines is 1. The number of hydrogen-bond acceptors (Lipinski definition) is 5. The average molecular weight is 290 g/mol. The van der Waals surface area contributed by atoms with E-state index in [-0.39, 0.29) is 12.6 Å². The lowest BCUT2D eigenvalue weighted by molar-refractivity contribution is -0.141. The van der Waals surface area contributed by atoms with Gasteiger partial charge in [0.05, 0.1) is 0 Å². The number of aliphatic hydroxyl groups is 1. The van der Waals surface area contributed by atoms with Gasteiger partial charge in [-0.15, -0.1) is 0 Å². The molecule has 0 spiro atoms. The van der Waals surface area contributed by atoms with Gasteiger partial charge >= 0.3 is 6.18 Å². The van der Waals surface area contributed by atoms with Gasteiger partial charge in [-0.25, -0.2) is 9.97 Å². The highest BCUT2D eigenvalue weighted by Crippen LogP contribution is 2.28. The van der Waals surface area contributed by atoms with Crippen molar-refractivity contribution in [2.24, 2.45) is 0 Å². The third-order valence-electron chi connectivity index (χ3n) is 3.22. The fourth-order valence-electron chi connectivity index (χ4n) is 2.12. The predicted octanol–water partition coefficient (Wildman–Crippen LogP) is 1.000. The van der Waals surface area contributed by atoms with Crippen molar-refractivity contribution in [2.45, 2.75) is 12.6 Å². The van der Waals surface area contributed by atoms with E-state index in [1.54, 1.807) is 4.90 Å². The van der Waals surface area contributed by atoms with Gasteiger partial charge in [-0.2, -0.15) is 13.2 Å². The van der Waals surface area contributed by atoms with Crippen LogP contribution < -0.4 is 4.90 Å². The van der Waals surface area contributed by atoms with Crippen LogP contribution in [-0.2, 0) is 6.18 Å². The van der Waals surface area contributed by atoms with Gasteiger partial charge in [0.1, 0.15) is 5.69 Å². The van der Waals surface area contributed by atoms with Crippen LogP contribution in [0.15, 0.2) is 12.3 Å². The lowest BCUT2D eigenvalue weighted by Gasteiger charge is -2.34. The third kappa shape index (κ3) is 3.80. The Balaban J connectivity index is 1.97. The molecule has 1 aliphatic rings. The van der Waals surface area contributed by atoms with Crippen molar-refractivity contribution < 1.29 is 18.3 Å². The number of halogens is 3. The van der Waals surface area contributed by atoms with E-state index >= 15 is 0 Å². The summed E-state index contributed by atoms with van der Waals surface area (Å²) in [5.41, 5.74) is -0.912. The number of aromatic nitrogens is 2. The molecule has 112 valence electrons. The Labute approximate surface area is 115 Å². The minimum atomic E-state index is -4.44. The van der Waals surface area contributed by atoms with Crippen LogP contribution in [0.2, 0.25) is 0 Å². The van der Waals surface area contributed by atoms with E-state index in [9.17, 15) is 13.2 Å². The molecule has 2 rings (SSSR count). The number of rotatable bonds is 4. The van der Waals surface area contributed by atoms with E-state index in [0.717, 1.165) is 31.9 Å². The third-order valence-corrected chi connectivity index (χ3v) is 3.22. The molecule has 0 bridgehead atoms. The van der Waals surface area contributed by atoms with E-state index in [1.165, 1.54) is 0 Å². The first-order valence-electron chi connectivity index (χ1n) is 6.49. The Kier molecular flexibility index (Phi) is 4.77. The lowest BCUT2D eigenvalue weighted by atomic mass is 10.3. The molecule has 1 N–H and O–H groups in total. The monoisotopic (exact) mass is 290 g/mol. The smallest absolute Gasteiger partial charge is 0.396 e. The normalized spacial score (nSPS) is 17.5. The number of nitrogens with zero attached hydrogens (tertiary/aromatic N) is 4. The first-order chi connectivity index (χ1) is 9.50. The molecule has 0 aromatic carbocycles. The molecule has 0 radical (unpaired) electrons. The summed E-state index contributed by atoms with van der Waals surface area (Å²) in [4.78, 5) is 11.4. The molecule has 8 heteroatoms. The van der Waals surface area contributed by atoms with Gasteiger partial charge in [0.25, 0.3) is 0 Å². The molecule has 0 aliphatic carbocycles. The fourth-order valence-corrected chi connectivity index (χ4v) is 2.12. The summed E-state index contributed by atoms with van der Waals surface area (Å²) in [6, 6.07) is 0.876. The zero-order valence-corrected chi connectivity index (χ0v) is 11.0. The molecule has 0 atom stereocenters. The maximum atomic E-state index is 12.6. The van der Waals surface area contributed by atoms with Crippen LogP contribution in [0.1, 0.15) is 12.1 Å². The Hall–Kier alpha value is -1.41. The first-order valence-corrected chi connectivity index (χ1v) is 6.49. The summed E-state index contributed by atoms with van der Waals surface area (Å²) < 4.78 is 37.8. The van der Waals surface area contributed by atoms with E-state index in [1.807, 2.05) is 0 Å². The minimum absolute atomic E-state index is 0.127. The van der Waals surface area contributed by atoms with Crippen molar-refractivity contribution in [3.8, 4) is 0 Å². The van der Waals surface area contributed by atoms with E-state index < -0.39 is 11.9 Å². The van der Waals surface area contributed by atoms with Crippen molar-refractivity contribution in [3.63, 3.8) is 0 Å². The first kappa shape index (κ1) is 15.0. The maximum Gasteiger partial charge on any atom is 0.433 e. The summed E-state index contributed by atoms with van der Waals surface area (Å²) in [6.45, 7) is 3.60. The van der Waals surface area contributed by atoms with Crippen LogP contribution in [0.5, 0.6) is 0 Å². The SMILES string of the molecule is OCCCN1CCN(c2nccc(C(F)(F)F)n2)CC1. The zero-order chi connectivity index (χ0) is 14.6. The number of alkyl halides is 3. The van der Waals surface area contributed by atoms with Crippen LogP contribution in [-0.4, -0.2) is 59.3 Å². The Morgan fingerprint density at radius 1 is 1.20 bits per heavy atom. The topological polar surface area (TPSA) is 52.5 Å². The second-order valence-corrected chi connectivity index (χ2v) is 4.65. The standard InChI is InChI=1S/C12H17F3N4O/c13-12(14,15)10-2-3-16-11(17-10)19-7-5-18(6-8-19)4-1-9-20/h2-3,20H,1,4-9H2. The highest BCUT2D eigenvalue weighted by atomic mass is 19.4. The molecule has 0 amide bonds. The summed E-state index contributed by atoms with van der Waals surface area (Å²) in [6.07, 6.45) is -2.59. The molecule has 1 fully saturated rings. The second kappa shape index (κ2) is 6.36. The largest absolute Gasteiger partial charge is 0.433 e. The van der Waals surface area contributed by atoms with Crippen molar-refractivity contribution in [3.05, 3.63) is 18.0 Å². The van der Waals surface area contributed by atoms with Gasteiger partial charge in [-0.1, -0.05) is 0 Å². The van der Waals surface area contributed by atoms with Crippen LogP contribution in [0.4, 0.5) is 19.1 Å². The number of piperazine rings is 1. The van der Waals surface area contributed by atoms with Crippen molar-refractivity contribution in [1.29, 1.82) is 0 Å². The molecular formula is C12H17F3N4O. The molecule has 1 aliphatic heterocycles. The van der Waals surface area contributed by atoms with Gasteiger partial charge in [-0.3, -0.25) is 4.90 Å². The summed E-state index contributed by atoms with van der Waals surface area (Å²) in [5, 5.41) is 8.77. The van der Waals surface area contributed by atoms with E-state index in [4.69, 9.17) is 5.11 Å². The molecule has 5 nitrogen and oxygen atoms in total. The van der Waals surface area contributed by atoms with Gasteiger partial charge < -0.3 is 10.0 Å². The molecule has 1 aromatic rings. The highest BCUT2D eigenvalue weighted by molar-refractivity contribution is 5.31. The maximum absolute atomic E-state index is 12.6. The van der Waals surface area contributed by atoms with Gasteiger partial charge in [0, 0.05) is 45.5 Å². The quantitative estimate of drug-likeness (QED) is 0.896. The molecule has 0 saturated carbocycles. The van der Waals surface area contributed by atoms with Crippen molar-refractivity contribution in [2.75, 3.05) is 44.2 Å². The highest BCUT2D eigenvalue weighted by Gasteiger charge is 2.33. The molecule has 1 aromatic heterocycles. The average Bonchev–Trinajstić information content (AvgIpc) is 2.45. The van der Waals surface area contributed by atoms with Gasteiger partial charge in [0.15, 0.2) is 0 Å². The van der Waals surface area contributed by atoms with E-state index in [2.05, 4.69) is 14.9 Å². The molecular weight excluding hydrogens is 273 g/mol. The summed E-state index contributed by atoms with van der Waals surface area (Å²) in [7, 11) is 0. The Morgan fingerprint density at radius 2 is 1.90 bits per heavy atom. The zero-order valence-electron chi connectivity index (χ0n) is 11.0. The summed E-state index contributed by atoms with van der Waals surface area (Å²) >= 11 is 0. The van der Waals surface area contributed by atoms with Gasteiger partial charge in [0.2, 0.25) is 5.95 Å². The van der Waals surface area contributed by atoms with Crippen LogP contribution in [0.25, 0.3) is 0 Å². The Bertz CT molecular complexity index is 433. The van der Waals surface area contributed by atoms with Crippen LogP contribution >= 0.6 is 0 Å². The van der Waals surface area contributed by atoms with Gasteiger partial charge in [-0.05, 0) is 12.5 Å². The lowest BCUT2D eigenvalue weighted by Crippen LogP contribution is -2.47. The fraction of sp³-hybridized carbons (Fsp3) is 0.667. The summed E-state index contributed by atoms with van der Waals surface area (Å²) in [5.74, 6) is 0.127. The minimum Gasteiger partial charge on any atom is -0.396 e. The molecule has 0 unspecified atom stereocenters. The van der Waals surface area contributed by atoms with Crippen LogP contribution in [0, 0.1) is 0 Å². The van der Waals surface area contributed by atoms with E-state index in [0.29, 0.717) is 19.5 Å². The molecule has 1 saturated heterocycles. The molecule has 20 heavy (non-hydrogen) atoms.